The molecular weight excluding hydrogens is 420 g/mol. The minimum absolute atomic E-state index is 0.0708. The van der Waals surface area contributed by atoms with E-state index in [0.29, 0.717) is 18.7 Å². The highest BCUT2D eigenvalue weighted by Crippen LogP contribution is 2.24. The molecule has 1 amide bonds. The molecule has 0 aliphatic carbocycles. The molecule has 3 heterocycles. The van der Waals surface area contributed by atoms with Crippen molar-refractivity contribution in [2.24, 2.45) is 7.05 Å². The first-order valence-corrected chi connectivity index (χ1v) is 11.6. The Balaban J connectivity index is 1.26. The first kappa shape index (κ1) is 20.6. The Bertz CT molecular complexity index is 1320. The zero-order valence-electron chi connectivity index (χ0n) is 17.9. The predicted octanol–water partition coefficient (Wildman–Crippen LogP) is 3.62. The van der Waals surface area contributed by atoms with Crippen molar-refractivity contribution in [1.29, 1.82) is 0 Å². The Kier molecular flexibility index (Phi) is 5.59. The number of thiazole rings is 1. The van der Waals surface area contributed by atoms with Gasteiger partial charge in [0, 0.05) is 62.2 Å². The van der Waals surface area contributed by atoms with Crippen LogP contribution in [0.15, 0.2) is 70.8 Å². The van der Waals surface area contributed by atoms with Gasteiger partial charge in [0.15, 0.2) is 0 Å². The van der Waals surface area contributed by atoms with Crippen LogP contribution in [0.1, 0.15) is 16.1 Å². The molecule has 0 N–H and O–H groups in total. The van der Waals surface area contributed by atoms with E-state index in [1.807, 2.05) is 47.4 Å². The highest BCUT2D eigenvalue weighted by Gasteiger charge is 2.24. The van der Waals surface area contributed by atoms with Gasteiger partial charge in [-0.25, -0.2) is 4.98 Å². The standard InChI is InChI=1S/C25H24N4O2S/c1-27-22-10-6-5-9-20(22)21(15-23(27)30)25(31)29-13-11-28(12-14-29)16-19-17-32-24(26-19)18-7-3-2-4-8-18/h2-10,15,17H,11-14,16H2,1H3. The van der Waals surface area contributed by atoms with Crippen LogP contribution in [0.3, 0.4) is 0 Å². The van der Waals surface area contributed by atoms with Crippen molar-refractivity contribution in [3.8, 4) is 10.6 Å². The molecule has 4 aromatic rings. The number of pyridine rings is 1. The Morgan fingerprint density at radius 2 is 1.72 bits per heavy atom. The first-order valence-electron chi connectivity index (χ1n) is 10.7. The Morgan fingerprint density at radius 3 is 2.50 bits per heavy atom. The number of hydrogen-bond acceptors (Lipinski definition) is 5. The molecule has 32 heavy (non-hydrogen) atoms. The van der Waals surface area contributed by atoms with Gasteiger partial charge in [-0.3, -0.25) is 14.5 Å². The molecule has 1 fully saturated rings. The van der Waals surface area contributed by atoms with E-state index in [1.165, 1.54) is 6.07 Å². The van der Waals surface area contributed by atoms with Gasteiger partial charge in [0.05, 0.1) is 16.8 Å². The van der Waals surface area contributed by atoms with E-state index in [4.69, 9.17) is 4.98 Å². The van der Waals surface area contributed by atoms with Gasteiger partial charge in [-0.1, -0.05) is 48.5 Å². The van der Waals surface area contributed by atoms with Crippen molar-refractivity contribution in [2.75, 3.05) is 26.2 Å². The Hall–Kier alpha value is -3.29. The van der Waals surface area contributed by atoms with Crippen LogP contribution in [0.2, 0.25) is 0 Å². The van der Waals surface area contributed by atoms with E-state index in [-0.39, 0.29) is 11.5 Å². The van der Waals surface area contributed by atoms with Crippen molar-refractivity contribution in [2.45, 2.75) is 6.54 Å². The molecule has 1 aliphatic rings. The van der Waals surface area contributed by atoms with Crippen LogP contribution in [0.4, 0.5) is 0 Å². The van der Waals surface area contributed by atoms with Crippen molar-refractivity contribution >= 4 is 28.1 Å². The van der Waals surface area contributed by atoms with E-state index in [2.05, 4.69) is 22.4 Å². The maximum atomic E-state index is 13.3. The highest BCUT2D eigenvalue weighted by molar-refractivity contribution is 7.13. The lowest BCUT2D eigenvalue weighted by molar-refractivity contribution is 0.0629. The zero-order valence-corrected chi connectivity index (χ0v) is 18.7. The summed E-state index contributed by atoms with van der Waals surface area (Å²) in [6.07, 6.45) is 0. The summed E-state index contributed by atoms with van der Waals surface area (Å²) in [6.45, 7) is 3.62. The summed E-state index contributed by atoms with van der Waals surface area (Å²) in [5, 5.41) is 3.97. The largest absolute Gasteiger partial charge is 0.336 e. The fourth-order valence-corrected chi connectivity index (χ4v) is 5.01. The minimum Gasteiger partial charge on any atom is -0.336 e. The second-order valence-corrected chi connectivity index (χ2v) is 8.91. The first-order chi connectivity index (χ1) is 15.6. The van der Waals surface area contributed by atoms with Crippen molar-refractivity contribution in [3.63, 3.8) is 0 Å². The monoisotopic (exact) mass is 444 g/mol. The summed E-state index contributed by atoms with van der Waals surface area (Å²) < 4.78 is 1.58. The normalized spacial score (nSPS) is 14.7. The lowest BCUT2D eigenvalue weighted by atomic mass is 10.1. The molecule has 0 bridgehead atoms. The molecule has 0 radical (unpaired) electrons. The maximum absolute atomic E-state index is 13.3. The average Bonchev–Trinajstić information content (AvgIpc) is 3.30. The van der Waals surface area contributed by atoms with Gasteiger partial charge in [0.25, 0.3) is 11.5 Å². The lowest BCUT2D eigenvalue weighted by Crippen LogP contribution is -2.48. The SMILES string of the molecule is Cn1c(=O)cc(C(=O)N2CCN(Cc3csc(-c4ccccc4)n3)CC2)c2ccccc21. The van der Waals surface area contributed by atoms with E-state index in [0.717, 1.165) is 46.8 Å². The van der Waals surface area contributed by atoms with E-state index < -0.39 is 0 Å². The molecule has 0 spiro atoms. The fourth-order valence-electron chi connectivity index (χ4n) is 4.19. The minimum atomic E-state index is -0.163. The Labute approximate surface area is 190 Å². The summed E-state index contributed by atoms with van der Waals surface area (Å²) >= 11 is 1.66. The van der Waals surface area contributed by atoms with E-state index in [9.17, 15) is 9.59 Å². The number of fused-ring (bicyclic) bond motifs is 1. The third-order valence-corrected chi connectivity index (χ3v) is 6.94. The van der Waals surface area contributed by atoms with Gasteiger partial charge in [-0.2, -0.15) is 0 Å². The highest BCUT2D eigenvalue weighted by atomic mass is 32.1. The summed E-state index contributed by atoms with van der Waals surface area (Å²) in [7, 11) is 1.74. The number of nitrogens with zero attached hydrogens (tertiary/aromatic N) is 4. The molecule has 0 saturated carbocycles. The number of carbonyl (C=O) groups is 1. The van der Waals surface area contributed by atoms with Gasteiger partial charge in [-0.05, 0) is 6.07 Å². The molecule has 1 aliphatic heterocycles. The third-order valence-electron chi connectivity index (χ3n) is 6.00. The van der Waals surface area contributed by atoms with Crippen LogP contribution in [-0.2, 0) is 13.6 Å². The van der Waals surface area contributed by atoms with Crippen molar-refractivity contribution in [1.82, 2.24) is 19.4 Å². The summed E-state index contributed by atoms with van der Waals surface area (Å²) in [4.78, 5) is 34.6. The van der Waals surface area contributed by atoms with Gasteiger partial charge >= 0.3 is 0 Å². The van der Waals surface area contributed by atoms with E-state index in [1.54, 1.807) is 23.0 Å². The molecule has 6 nitrogen and oxygen atoms in total. The predicted molar refractivity (Wildman–Crippen MR) is 128 cm³/mol. The molecule has 2 aromatic heterocycles. The quantitative estimate of drug-likeness (QED) is 0.482. The number of rotatable bonds is 4. The van der Waals surface area contributed by atoms with Crippen LogP contribution in [0.5, 0.6) is 0 Å². The van der Waals surface area contributed by atoms with Crippen LogP contribution in [0, 0.1) is 0 Å². The molecule has 5 rings (SSSR count). The summed E-state index contributed by atoms with van der Waals surface area (Å²) in [5.74, 6) is -0.0708. The van der Waals surface area contributed by atoms with Gasteiger partial charge in [0.2, 0.25) is 0 Å². The van der Waals surface area contributed by atoms with Gasteiger partial charge in [-0.15, -0.1) is 11.3 Å². The molecule has 162 valence electrons. The second-order valence-electron chi connectivity index (χ2n) is 8.05. The number of aryl methyl sites for hydroxylation is 1. The Morgan fingerprint density at radius 1 is 1.00 bits per heavy atom. The molecule has 2 aromatic carbocycles. The zero-order chi connectivity index (χ0) is 22.1. The maximum Gasteiger partial charge on any atom is 0.254 e. The van der Waals surface area contributed by atoms with Crippen LogP contribution < -0.4 is 5.56 Å². The van der Waals surface area contributed by atoms with Crippen LogP contribution in [-0.4, -0.2) is 51.4 Å². The number of hydrogen-bond donors (Lipinski definition) is 0. The fraction of sp³-hybridized carbons (Fsp3) is 0.240. The number of para-hydroxylation sites is 1. The van der Waals surface area contributed by atoms with Gasteiger partial charge < -0.3 is 9.47 Å². The van der Waals surface area contributed by atoms with Crippen LogP contribution in [0.25, 0.3) is 21.5 Å². The van der Waals surface area contributed by atoms with Gasteiger partial charge in [0.1, 0.15) is 5.01 Å². The molecule has 0 unspecified atom stereocenters. The number of benzene rings is 2. The molecule has 0 atom stereocenters. The number of piperazine rings is 1. The molecular formula is C25H24N4O2S. The second kappa shape index (κ2) is 8.68. The molecule has 7 heteroatoms. The van der Waals surface area contributed by atoms with Crippen molar-refractivity contribution < 1.29 is 4.79 Å². The number of aromatic nitrogens is 2. The average molecular weight is 445 g/mol. The van der Waals surface area contributed by atoms with Crippen molar-refractivity contribution in [3.05, 3.63) is 87.7 Å². The third kappa shape index (κ3) is 3.97. The van der Waals surface area contributed by atoms with Crippen LogP contribution >= 0.6 is 11.3 Å². The lowest BCUT2D eigenvalue weighted by Gasteiger charge is -2.34. The summed E-state index contributed by atoms with van der Waals surface area (Å²) in [5.41, 5.74) is 3.30. The summed E-state index contributed by atoms with van der Waals surface area (Å²) in [6, 6.07) is 19.3. The number of carbonyl (C=O) groups excluding carboxylic acids is 1. The van der Waals surface area contributed by atoms with E-state index >= 15 is 0 Å². The number of amides is 1. The smallest absolute Gasteiger partial charge is 0.254 e. The molecule has 1 saturated heterocycles. The topological polar surface area (TPSA) is 58.4 Å².